The summed E-state index contributed by atoms with van der Waals surface area (Å²) >= 11 is 6.65. The maximum atomic E-state index is 5.57. The number of aryl methyl sites for hydroxylation is 1. The van der Waals surface area contributed by atoms with E-state index >= 15 is 0 Å². The third-order valence-electron chi connectivity index (χ3n) is 2.39. The summed E-state index contributed by atoms with van der Waals surface area (Å²) in [6, 6.07) is 0. The van der Waals surface area contributed by atoms with Crippen LogP contribution in [0.4, 0.5) is 5.13 Å². The van der Waals surface area contributed by atoms with Crippen molar-refractivity contribution >= 4 is 33.7 Å². The van der Waals surface area contributed by atoms with E-state index in [1.165, 1.54) is 0 Å². The molecule has 96 valence electrons. The predicted molar refractivity (Wildman–Crippen MR) is 79.9 cm³/mol. The number of hydrogen-bond donors (Lipinski definition) is 1. The molecule has 0 spiro atoms. The summed E-state index contributed by atoms with van der Waals surface area (Å²) in [7, 11) is 0. The van der Waals surface area contributed by atoms with Crippen LogP contribution >= 0.6 is 23.6 Å². The maximum absolute atomic E-state index is 5.57. The second-order valence-electron chi connectivity index (χ2n) is 4.53. The Morgan fingerprint density at radius 3 is 2.76 bits per heavy atom. The monoisotopic (exact) mass is 271 g/mol. The highest BCUT2D eigenvalue weighted by molar-refractivity contribution is 7.80. The highest BCUT2D eigenvalue weighted by Crippen LogP contribution is 2.22. The normalized spacial score (nSPS) is 10.8. The predicted octanol–water partition coefficient (Wildman–Crippen LogP) is 2.84. The van der Waals surface area contributed by atoms with Gasteiger partial charge in [-0.25, -0.2) is 4.98 Å². The fourth-order valence-electron chi connectivity index (χ4n) is 1.55. The first-order valence-corrected chi connectivity index (χ1v) is 7.29. The summed E-state index contributed by atoms with van der Waals surface area (Å²) in [5.41, 5.74) is 6.73. The highest BCUT2D eigenvalue weighted by atomic mass is 32.1. The number of aromatic nitrogens is 1. The number of hydrogen-bond acceptors (Lipinski definition) is 4. The van der Waals surface area contributed by atoms with Crippen molar-refractivity contribution in [2.24, 2.45) is 11.7 Å². The molecule has 0 atom stereocenters. The van der Waals surface area contributed by atoms with Crippen molar-refractivity contribution in [3.63, 3.8) is 0 Å². The number of nitrogens with two attached hydrogens (primary N) is 1. The minimum atomic E-state index is 0.575. The molecule has 3 nitrogen and oxygen atoms in total. The van der Waals surface area contributed by atoms with Gasteiger partial charge in [0.2, 0.25) is 0 Å². The van der Waals surface area contributed by atoms with Gasteiger partial charge in [-0.15, -0.1) is 11.3 Å². The van der Waals surface area contributed by atoms with Gasteiger partial charge in [0.05, 0.1) is 10.7 Å². The Morgan fingerprint density at radius 1 is 1.59 bits per heavy atom. The van der Waals surface area contributed by atoms with Crippen LogP contribution in [0.2, 0.25) is 0 Å². The van der Waals surface area contributed by atoms with Gasteiger partial charge in [-0.3, -0.25) is 0 Å². The molecule has 0 radical (unpaired) electrons. The summed E-state index contributed by atoms with van der Waals surface area (Å²) < 4.78 is 0. The van der Waals surface area contributed by atoms with Crippen molar-refractivity contribution in [2.45, 2.75) is 33.6 Å². The van der Waals surface area contributed by atoms with Gasteiger partial charge in [0, 0.05) is 24.9 Å². The second kappa shape index (κ2) is 6.91. The molecule has 0 unspecified atom stereocenters. The Hall–Kier alpha value is -0.680. The minimum Gasteiger partial charge on any atom is -0.393 e. The molecule has 5 heteroatoms. The number of rotatable bonds is 7. The average Bonchev–Trinajstić information content (AvgIpc) is 2.71. The highest BCUT2D eigenvalue weighted by Gasteiger charge is 2.12. The Bertz CT molecular complexity index is 360. The van der Waals surface area contributed by atoms with Crippen LogP contribution in [0.15, 0.2) is 5.38 Å². The average molecular weight is 271 g/mol. The van der Waals surface area contributed by atoms with Crippen LogP contribution in [0.25, 0.3) is 0 Å². The smallest absolute Gasteiger partial charge is 0.185 e. The summed E-state index contributed by atoms with van der Waals surface area (Å²) in [4.78, 5) is 7.48. The third-order valence-corrected chi connectivity index (χ3v) is 3.54. The third kappa shape index (κ3) is 5.00. The number of nitrogens with zero attached hydrogens (tertiary/aromatic N) is 2. The molecule has 0 amide bonds. The first-order valence-electron chi connectivity index (χ1n) is 6.00. The molecule has 1 aromatic rings. The lowest BCUT2D eigenvalue weighted by Gasteiger charge is -2.23. The molecule has 0 saturated carbocycles. The molecule has 1 aromatic heterocycles. The number of thiocarbonyl (C=S) groups is 1. The quantitative estimate of drug-likeness (QED) is 0.774. The van der Waals surface area contributed by atoms with Crippen LogP contribution in [0.3, 0.4) is 0 Å². The molecule has 0 aliphatic carbocycles. The van der Waals surface area contributed by atoms with Gasteiger partial charge < -0.3 is 10.6 Å². The van der Waals surface area contributed by atoms with E-state index in [1.807, 2.05) is 0 Å². The molecule has 17 heavy (non-hydrogen) atoms. The van der Waals surface area contributed by atoms with Crippen LogP contribution in [0.1, 0.15) is 32.9 Å². The second-order valence-corrected chi connectivity index (χ2v) is 5.89. The van der Waals surface area contributed by atoms with E-state index in [9.17, 15) is 0 Å². The van der Waals surface area contributed by atoms with Crippen molar-refractivity contribution in [3.05, 3.63) is 11.1 Å². The van der Waals surface area contributed by atoms with Crippen molar-refractivity contribution in [1.82, 2.24) is 4.98 Å². The minimum absolute atomic E-state index is 0.575. The Kier molecular flexibility index (Phi) is 5.85. The molecule has 0 aromatic carbocycles. The molecule has 0 aliphatic heterocycles. The zero-order chi connectivity index (χ0) is 12.8. The van der Waals surface area contributed by atoms with Crippen LogP contribution in [0, 0.1) is 5.92 Å². The van der Waals surface area contributed by atoms with Crippen LogP contribution in [-0.2, 0) is 6.42 Å². The first-order chi connectivity index (χ1) is 8.02. The van der Waals surface area contributed by atoms with Gasteiger partial charge in [-0.2, -0.15) is 0 Å². The SMILES string of the molecule is CCc1csc(N(CCC(N)=S)CC(C)C)n1. The van der Waals surface area contributed by atoms with E-state index in [4.69, 9.17) is 18.0 Å². The topological polar surface area (TPSA) is 42.1 Å². The van der Waals surface area contributed by atoms with Gasteiger partial charge in [0.15, 0.2) is 5.13 Å². The molecule has 1 heterocycles. The van der Waals surface area contributed by atoms with Gasteiger partial charge in [0.25, 0.3) is 0 Å². The Morgan fingerprint density at radius 2 is 2.29 bits per heavy atom. The molecular weight excluding hydrogens is 250 g/mol. The summed E-state index contributed by atoms with van der Waals surface area (Å²) in [5.74, 6) is 0.607. The lowest BCUT2D eigenvalue weighted by atomic mass is 10.2. The number of thiazole rings is 1. The summed E-state index contributed by atoms with van der Waals surface area (Å²) in [5, 5.41) is 3.22. The Labute approximate surface area is 113 Å². The first kappa shape index (κ1) is 14.4. The Balaban J connectivity index is 2.70. The van der Waals surface area contributed by atoms with Crippen LogP contribution in [-0.4, -0.2) is 23.1 Å². The van der Waals surface area contributed by atoms with Crippen LogP contribution < -0.4 is 10.6 Å². The standard InChI is InChI=1S/C12H21N3S2/c1-4-10-8-17-12(14-10)15(7-9(2)3)6-5-11(13)16/h8-9H,4-7H2,1-3H3,(H2,13,16). The van der Waals surface area contributed by atoms with E-state index in [-0.39, 0.29) is 0 Å². The van der Waals surface area contributed by atoms with Gasteiger partial charge in [-0.1, -0.05) is 33.0 Å². The van der Waals surface area contributed by atoms with Crippen molar-refractivity contribution < 1.29 is 0 Å². The maximum Gasteiger partial charge on any atom is 0.185 e. The summed E-state index contributed by atoms with van der Waals surface area (Å²) in [6.45, 7) is 8.41. The largest absolute Gasteiger partial charge is 0.393 e. The molecule has 0 fully saturated rings. The molecule has 1 rings (SSSR count). The molecule has 0 aliphatic rings. The molecule has 0 bridgehead atoms. The fourth-order valence-corrected chi connectivity index (χ4v) is 2.59. The van der Waals surface area contributed by atoms with E-state index < -0.39 is 0 Å². The van der Waals surface area contributed by atoms with Crippen molar-refractivity contribution in [3.8, 4) is 0 Å². The van der Waals surface area contributed by atoms with E-state index in [0.29, 0.717) is 10.9 Å². The zero-order valence-electron chi connectivity index (χ0n) is 10.8. The van der Waals surface area contributed by atoms with E-state index in [0.717, 1.165) is 36.8 Å². The van der Waals surface area contributed by atoms with Crippen molar-refractivity contribution in [1.29, 1.82) is 0 Å². The molecular formula is C12H21N3S2. The van der Waals surface area contributed by atoms with Crippen molar-refractivity contribution in [2.75, 3.05) is 18.0 Å². The number of anilines is 1. The molecule has 2 N–H and O–H groups in total. The van der Waals surface area contributed by atoms with Crippen LogP contribution in [0.5, 0.6) is 0 Å². The van der Waals surface area contributed by atoms with E-state index in [2.05, 4.69) is 36.0 Å². The van der Waals surface area contributed by atoms with Gasteiger partial charge >= 0.3 is 0 Å². The van der Waals surface area contributed by atoms with E-state index in [1.54, 1.807) is 11.3 Å². The lowest BCUT2D eigenvalue weighted by Crippen LogP contribution is -2.30. The summed E-state index contributed by atoms with van der Waals surface area (Å²) in [6.07, 6.45) is 1.74. The zero-order valence-corrected chi connectivity index (χ0v) is 12.4. The van der Waals surface area contributed by atoms with Gasteiger partial charge in [-0.05, 0) is 12.3 Å². The fraction of sp³-hybridized carbons (Fsp3) is 0.667. The molecule has 0 saturated heterocycles. The lowest BCUT2D eigenvalue weighted by molar-refractivity contribution is 0.612. The van der Waals surface area contributed by atoms with Gasteiger partial charge in [0.1, 0.15) is 0 Å².